The summed E-state index contributed by atoms with van der Waals surface area (Å²) in [5.74, 6) is 1.90. The van der Waals surface area contributed by atoms with Gasteiger partial charge in [0.2, 0.25) is 0 Å². The Balaban J connectivity index is 1.83. The van der Waals surface area contributed by atoms with E-state index in [1.54, 1.807) is 26.5 Å². The molecule has 0 saturated heterocycles. The maximum Gasteiger partial charge on any atom is 0.253 e. The molecule has 4 rings (SSSR count). The highest BCUT2D eigenvalue weighted by Gasteiger charge is 2.22. The summed E-state index contributed by atoms with van der Waals surface area (Å²) >= 11 is 0. The Kier molecular flexibility index (Phi) is 5.80. The van der Waals surface area contributed by atoms with Crippen molar-refractivity contribution in [3.8, 4) is 28.4 Å². The number of furan rings is 1. The van der Waals surface area contributed by atoms with Gasteiger partial charge in [0.1, 0.15) is 17.3 Å². The van der Waals surface area contributed by atoms with Crippen molar-refractivity contribution in [2.75, 3.05) is 14.2 Å². The van der Waals surface area contributed by atoms with Crippen LogP contribution in [0.25, 0.3) is 16.9 Å². The molecular formula is C25H24N2O4. The molecule has 0 atom stereocenters. The van der Waals surface area contributed by atoms with Crippen molar-refractivity contribution in [3.63, 3.8) is 0 Å². The third kappa shape index (κ3) is 4.05. The summed E-state index contributed by atoms with van der Waals surface area (Å²) in [6, 6.07) is 21.1. The first-order chi connectivity index (χ1) is 15.1. The molecule has 1 N–H and O–H groups in total. The van der Waals surface area contributed by atoms with E-state index in [-0.39, 0.29) is 5.91 Å². The summed E-state index contributed by atoms with van der Waals surface area (Å²) < 4.78 is 18.4. The van der Waals surface area contributed by atoms with Crippen molar-refractivity contribution < 1.29 is 18.7 Å². The van der Waals surface area contributed by atoms with Crippen LogP contribution in [0.3, 0.4) is 0 Å². The average molecular weight is 416 g/mol. The Morgan fingerprint density at radius 2 is 1.81 bits per heavy atom. The monoisotopic (exact) mass is 416 g/mol. The van der Waals surface area contributed by atoms with Crippen LogP contribution in [0.2, 0.25) is 0 Å². The second-order valence-corrected chi connectivity index (χ2v) is 7.03. The zero-order chi connectivity index (χ0) is 21.8. The molecule has 158 valence electrons. The molecule has 0 aliphatic carbocycles. The van der Waals surface area contributed by atoms with Gasteiger partial charge in [0.15, 0.2) is 0 Å². The number of nitrogens with zero attached hydrogens (tertiary/aromatic N) is 1. The van der Waals surface area contributed by atoms with Gasteiger partial charge >= 0.3 is 0 Å². The molecule has 0 aliphatic rings. The number of carbonyl (C=O) groups is 1. The summed E-state index contributed by atoms with van der Waals surface area (Å²) in [7, 11) is 3.25. The Morgan fingerprint density at radius 1 is 1.00 bits per heavy atom. The van der Waals surface area contributed by atoms with E-state index >= 15 is 0 Å². The number of amides is 1. The topological polar surface area (TPSA) is 65.6 Å². The van der Waals surface area contributed by atoms with E-state index in [1.807, 2.05) is 72.2 Å². The maximum atomic E-state index is 13.0. The van der Waals surface area contributed by atoms with Crippen LogP contribution in [-0.4, -0.2) is 24.7 Å². The van der Waals surface area contributed by atoms with Crippen LogP contribution in [0.5, 0.6) is 11.5 Å². The maximum absolute atomic E-state index is 13.0. The summed E-state index contributed by atoms with van der Waals surface area (Å²) in [6.45, 7) is 2.24. The lowest BCUT2D eigenvalue weighted by molar-refractivity contribution is 0.0947. The molecule has 0 aliphatic heterocycles. The van der Waals surface area contributed by atoms with Gasteiger partial charge in [-0.25, -0.2) is 0 Å². The highest BCUT2D eigenvalue weighted by molar-refractivity contribution is 5.97. The fourth-order valence-electron chi connectivity index (χ4n) is 3.62. The van der Waals surface area contributed by atoms with Crippen LogP contribution in [0, 0.1) is 6.92 Å². The fraction of sp³-hybridized carbons (Fsp3) is 0.160. The standard InChI is InChI=1S/C25H24N2O4/c1-17-21(25(28)26-16-20-10-7-13-31-20)15-22(18-8-5-4-6-9-18)27(17)23-14-19(29-2)11-12-24(23)30-3/h4-15H,16H2,1-3H3,(H,26,28). The first kappa shape index (κ1) is 20.3. The molecular weight excluding hydrogens is 392 g/mol. The minimum Gasteiger partial charge on any atom is -0.497 e. The van der Waals surface area contributed by atoms with Gasteiger partial charge in [0.05, 0.1) is 44.0 Å². The van der Waals surface area contributed by atoms with Gasteiger partial charge < -0.3 is 23.8 Å². The normalized spacial score (nSPS) is 10.7. The van der Waals surface area contributed by atoms with Gasteiger partial charge in [-0.15, -0.1) is 0 Å². The number of ether oxygens (including phenoxy) is 2. The highest BCUT2D eigenvalue weighted by atomic mass is 16.5. The van der Waals surface area contributed by atoms with E-state index in [1.165, 1.54) is 0 Å². The van der Waals surface area contributed by atoms with Crippen molar-refractivity contribution in [2.24, 2.45) is 0 Å². The summed E-state index contributed by atoms with van der Waals surface area (Å²) in [5.41, 5.74) is 4.04. The number of hydrogen-bond donors (Lipinski definition) is 1. The SMILES string of the molecule is COc1ccc(OC)c(-n2c(-c3ccccc3)cc(C(=O)NCc3ccco3)c2C)c1. The molecule has 4 aromatic rings. The Morgan fingerprint density at radius 3 is 2.48 bits per heavy atom. The molecule has 6 heteroatoms. The molecule has 31 heavy (non-hydrogen) atoms. The number of hydrogen-bond acceptors (Lipinski definition) is 4. The fourth-order valence-corrected chi connectivity index (χ4v) is 3.62. The smallest absolute Gasteiger partial charge is 0.253 e. The minimum absolute atomic E-state index is 0.174. The third-order valence-corrected chi connectivity index (χ3v) is 5.19. The van der Waals surface area contributed by atoms with E-state index in [9.17, 15) is 4.79 Å². The van der Waals surface area contributed by atoms with Crippen molar-refractivity contribution in [1.29, 1.82) is 0 Å². The molecule has 6 nitrogen and oxygen atoms in total. The van der Waals surface area contributed by atoms with Crippen molar-refractivity contribution in [1.82, 2.24) is 9.88 Å². The van der Waals surface area contributed by atoms with Crippen molar-refractivity contribution in [2.45, 2.75) is 13.5 Å². The first-order valence-corrected chi connectivity index (χ1v) is 9.93. The third-order valence-electron chi connectivity index (χ3n) is 5.19. The van der Waals surface area contributed by atoms with E-state index in [0.717, 1.165) is 22.6 Å². The second kappa shape index (κ2) is 8.83. The predicted octanol–water partition coefficient (Wildman–Crippen LogP) is 4.99. The molecule has 2 heterocycles. The lowest BCUT2D eigenvalue weighted by Gasteiger charge is -2.17. The second-order valence-electron chi connectivity index (χ2n) is 7.03. The van der Waals surface area contributed by atoms with Crippen LogP contribution in [-0.2, 0) is 6.54 Å². The number of nitrogens with one attached hydrogen (secondary N) is 1. The number of aromatic nitrogens is 1. The molecule has 0 spiro atoms. The number of rotatable bonds is 7. The van der Waals surface area contributed by atoms with Gasteiger partial charge in [-0.3, -0.25) is 4.79 Å². The van der Waals surface area contributed by atoms with E-state index in [4.69, 9.17) is 13.9 Å². The Bertz CT molecular complexity index is 1180. The predicted molar refractivity (Wildman–Crippen MR) is 119 cm³/mol. The zero-order valence-electron chi connectivity index (χ0n) is 17.7. The summed E-state index contributed by atoms with van der Waals surface area (Å²) in [6.07, 6.45) is 1.59. The van der Waals surface area contributed by atoms with Crippen LogP contribution >= 0.6 is 0 Å². The van der Waals surface area contributed by atoms with Gasteiger partial charge in [-0.05, 0) is 42.8 Å². The molecule has 0 unspecified atom stereocenters. The Labute approximate surface area is 181 Å². The summed E-state index contributed by atoms with van der Waals surface area (Å²) in [4.78, 5) is 13.0. The average Bonchev–Trinajstić information content (AvgIpc) is 3.45. The van der Waals surface area contributed by atoms with Gasteiger partial charge in [-0.1, -0.05) is 30.3 Å². The lowest BCUT2D eigenvalue weighted by atomic mass is 10.1. The van der Waals surface area contributed by atoms with Crippen LogP contribution in [0.4, 0.5) is 0 Å². The summed E-state index contributed by atoms with van der Waals surface area (Å²) in [5, 5.41) is 2.93. The number of benzene rings is 2. The molecule has 1 amide bonds. The lowest BCUT2D eigenvalue weighted by Crippen LogP contribution is -2.23. The van der Waals surface area contributed by atoms with Crippen molar-refractivity contribution in [3.05, 3.63) is 90.0 Å². The molecule has 0 bridgehead atoms. The van der Waals surface area contributed by atoms with Crippen LogP contribution in [0.15, 0.2) is 77.4 Å². The number of carbonyl (C=O) groups excluding carboxylic acids is 1. The zero-order valence-corrected chi connectivity index (χ0v) is 17.7. The molecule has 0 radical (unpaired) electrons. The molecule has 2 aromatic carbocycles. The first-order valence-electron chi connectivity index (χ1n) is 9.93. The molecule has 0 saturated carbocycles. The van der Waals surface area contributed by atoms with Crippen LogP contribution in [0.1, 0.15) is 21.8 Å². The van der Waals surface area contributed by atoms with E-state index in [0.29, 0.717) is 29.4 Å². The van der Waals surface area contributed by atoms with E-state index in [2.05, 4.69) is 5.32 Å². The highest BCUT2D eigenvalue weighted by Crippen LogP contribution is 2.35. The van der Waals surface area contributed by atoms with Gasteiger partial charge in [0.25, 0.3) is 5.91 Å². The quantitative estimate of drug-likeness (QED) is 0.461. The Hall–Kier alpha value is -3.93. The number of methoxy groups -OCH3 is 2. The van der Waals surface area contributed by atoms with Crippen molar-refractivity contribution >= 4 is 5.91 Å². The van der Waals surface area contributed by atoms with E-state index < -0.39 is 0 Å². The van der Waals surface area contributed by atoms with Crippen LogP contribution < -0.4 is 14.8 Å². The van der Waals surface area contributed by atoms with Gasteiger partial charge in [-0.2, -0.15) is 0 Å². The molecule has 2 aromatic heterocycles. The minimum atomic E-state index is -0.174. The largest absolute Gasteiger partial charge is 0.497 e. The van der Waals surface area contributed by atoms with Gasteiger partial charge in [0, 0.05) is 11.8 Å². The molecule has 0 fully saturated rings.